The molecule has 1 heterocycles. The van der Waals surface area contributed by atoms with E-state index in [0.29, 0.717) is 12.5 Å². The van der Waals surface area contributed by atoms with Gasteiger partial charge in [0, 0.05) is 44.0 Å². The molecule has 5 heteroatoms. The second-order valence-electron chi connectivity index (χ2n) is 7.25. The quantitative estimate of drug-likeness (QED) is 0.876. The first kappa shape index (κ1) is 17.7. The van der Waals surface area contributed by atoms with Gasteiger partial charge in [-0.2, -0.15) is 0 Å². The van der Waals surface area contributed by atoms with E-state index in [2.05, 4.69) is 24.1 Å². The van der Waals surface area contributed by atoms with Crippen molar-refractivity contribution in [2.75, 3.05) is 20.2 Å². The fourth-order valence-corrected chi connectivity index (χ4v) is 3.21. The first-order valence-corrected chi connectivity index (χ1v) is 8.46. The van der Waals surface area contributed by atoms with Gasteiger partial charge in [0.05, 0.1) is 0 Å². The fraction of sp³-hybridized carbons (Fsp3) is 0.667. The summed E-state index contributed by atoms with van der Waals surface area (Å²) < 4.78 is 0. The number of carbonyl (C=O) groups is 1. The van der Waals surface area contributed by atoms with Gasteiger partial charge in [-0.3, -0.25) is 4.98 Å². The van der Waals surface area contributed by atoms with Gasteiger partial charge >= 0.3 is 6.03 Å². The minimum atomic E-state index is -0.131. The zero-order valence-corrected chi connectivity index (χ0v) is 14.5. The molecule has 0 saturated heterocycles. The van der Waals surface area contributed by atoms with Crippen molar-refractivity contribution in [3.8, 4) is 0 Å². The summed E-state index contributed by atoms with van der Waals surface area (Å²) in [6.07, 6.45) is 7.52. The Bertz CT molecular complexity index is 496. The van der Waals surface area contributed by atoms with Gasteiger partial charge in [-0.05, 0) is 49.3 Å². The van der Waals surface area contributed by atoms with Crippen molar-refractivity contribution in [1.82, 2.24) is 15.2 Å². The highest BCUT2D eigenvalue weighted by Gasteiger charge is 2.27. The number of aliphatic hydroxyl groups excluding tert-OH is 1. The molecule has 0 bridgehead atoms. The molecule has 0 aliphatic heterocycles. The summed E-state index contributed by atoms with van der Waals surface area (Å²) in [5.74, 6) is 0.410. The molecule has 0 radical (unpaired) electrons. The van der Waals surface area contributed by atoms with Crippen LogP contribution in [0.1, 0.15) is 45.1 Å². The SMILES string of the molecule is CN(C(=O)NCC(C)(C)c1ccncc1)C1CCC(CO)CC1. The third-order valence-electron chi connectivity index (χ3n) is 5.09. The van der Waals surface area contributed by atoms with E-state index >= 15 is 0 Å². The molecule has 1 aliphatic rings. The van der Waals surface area contributed by atoms with Crippen LogP contribution in [-0.4, -0.2) is 47.3 Å². The Morgan fingerprint density at radius 1 is 1.30 bits per heavy atom. The normalized spacial score (nSPS) is 21.7. The molecule has 23 heavy (non-hydrogen) atoms. The number of carbonyl (C=O) groups excluding carboxylic acids is 1. The lowest BCUT2D eigenvalue weighted by Gasteiger charge is -2.35. The molecule has 2 rings (SSSR count). The van der Waals surface area contributed by atoms with Crippen molar-refractivity contribution in [1.29, 1.82) is 0 Å². The van der Waals surface area contributed by atoms with Gasteiger partial charge in [0.25, 0.3) is 0 Å². The maximum Gasteiger partial charge on any atom is 0.317 e. The number of amides is 2. The van der Waals surface area contributed by atoms with E-state index < -0.39 is 0 Å². The second-order valence-corrected chi connectivity index (χ2v) is 7.25. The first-order chi connectivity index (χ1) is 10.9. The van der Waals surface area contributed by atoms with Crippen LogP contribution in [0.25, 0.3) is 0 Å². The molecule has 2 N–H and O–H groups in total. The Morgan fingerprint density at radius 2 is 1.91 bits per heavy atom. The summed E-state index contributed by atoms with van der Waals surface area (Å²) in [6.45, 7) is 5.10. The molecule has 1 aliphatic carbocycles. The molecule has 0 spiro atoms. The van der Waals surface area contributed by atoms with E-state index in [4.69, 9.17) is 0 Å². The summed E-state index contributed by atoms with van der Waals surface area (Å²) in [5, 5.41) is 12.3. The van der Waals surface area contributed by atoms with Crippen LogP contribution in [0.15, 0.2) is 24.5 Å². The molecule has 1 aromatic heterocycles. The lowest BCUT2D eigenvalue weighted by molar-refractivity contribution is 0.133. The zero-order valence-electron chi connectivity index (χ0n) is 14.5. The number of aromatic nitrogens is 1. The molecule has 1 saturated carbocycles. The summed E-state index contributed by atoms with van der Waals surface area (Å²) in [5.41, 5.74) is 1.03. The topological polar surface area (TPSA) is 65.5 Å². The Balaban J connectivity index is 1.84. The smallest absolute Gasteiger partial charge is 0.317 e. The maximum absolute atomic E-state index is 12.4. The van der Waals surface area contributed by atoms with E-state index in [1.807, 2.05) is 24.1 Å². The van der Waals surface area contributed by atoms with E-state index in [1.165, 1.54) is 5.56 Å². The molecule has 1 fully saturated rings. The third-order valence-corrected chi connectivity index (χ3v) is 5.09. The molecular formula is C18H29N3O2. The monoisotopic (exact) mass is 319 g/mol. The Kier molecular flexibility index (Phi) is 5.99. The van der Waals surface area contributed by atoms with Gasteiger partial charge in [-0.1, -0.05) is 13.8 Å². The standard InChI is InChI=1S/C18H29N3O2/c1-18(2,15-8-10-19-11-9-15)13-20-17(23)21(3)16-6-4-14(12-22)5-7-16/h8-11,14,16,22H,4-7,12-13H2,1-3H3,(H,20,23). The molecule has 2 amide bonds. The highest BCUT2D eigenvalue weighted by atomic mass is 16.3. The number of nitrogens with one attached hydrogen (secondary N) is 1. The summed E-state index contributed by atoms with van der Waals surface area (Å²) >= 11 is 0. The maximum atomic E-state index is 12.4. The highest BCUT2D eigenvalue weighted by molar-refractivity contribution is 5.74. The molecule has 5 nitrogen and oxygen atoms in total. The van der Waals surface area contributed by atoms with Crippen LogP contribution in [0, 0.1) is 5.92 Å². The summed E-state index contributed by atoms with van der Waals surface area (Å²) in [6, 6.07) is 4.25. The van der Waals surface area contributed by atoms with Gasteiger partial charge in [-0.25, -0.2) is 4.79 Å². The molecular weight excluding hydrogens is 290 g/mol. The average molecular weight is 319 g/mol. The van der Waals surface area contributed by atoms with Crippen LogP contribution in [0.4, 0.5) is 4.79 Å². The highest BCUT2D eigenvalue weighted by Crippen LogP contribution is 2.27. The van der Waals surface area contributed by atoms with Gasteiger partial charge < -0.3 is 15.3 Å². The number of nitrogens with zero attached hydrogens (tertiary/aromatic N) is 2. The minimum absolute atomic E-state index is 0.0143. The van der Waals surface area contributed by atoms with Crippen molar-refractivity contribution in [3.05, 3.63) is 30.1 Å². The van der Waals surface area contributed by atoms with Crippen LogP contribution in [0.3, 0.4) is 0 Å². The van der Waals surface area contributed by atoms with Crippen LogP contribution in [-0.2, 0) is 5.41 Å². The zero-order chi connectivity index (χ0) is 16.9. The predicted octanol–water partition coefficient (Wildman–Crippen LogP) is 2.55. The van der Waals surface area contributed by atoms with Crippen LogP contribution in [0.2, 0.25) is 0 Å². The molecule has 0 aromatic carbocycles. The van der Waals surface area contributed by atoms with Gasteiger partial charge in [-0.15, -0.1) is 0 Å². The largest absolute Gasteiger partial charge is 0.396 e. The minimum Gasteiger partial charge on any atom is -0.396 e. The Hall–Kier alpha value is -1.62. The third kappa shape index (κ3) is 4.67. The Labute approximate surface area is 139 Å². The van der Waals surface area contributed by atoms with E-state index in [-0.39, 0.29) is 24.1 Å². The van der Waals surface area contributed by atoms with Gasteiger partial charge in [0.2, 0.25) is 0 Å². The van der Waals surface area contributed by atoms with Crippen molar-refractivity contribution < 1.29 is 9.90 Å². The molecule has 128 valence electrons. The number of hydrogen-bond acceptors (Lipinski definition) is 3. The van der Waals surface area contributed by atoms with Crippen molar-refractivity contribution in [3.63, 3.8) is 0 Å². The van der Waals surface area contributed by atoms with Crippen LogP contribution in [0.5, 0.6) is 0 Å². The predicted molar refractivity (Wildman–Crippen MR) is 91.3 cm³/mol. The van der Waals surface area contributed by atoms with Crippen LogP contribution >= 0.6 is 0 Å². The fourth-order valence-electron chi connectivity index (χ4n) is 3.21. The summed E-state index contributed by atoms with van der Waals surface area (Å²) in [7, 11) is 1.87. The average Bonchev–Trinajstić information content (AvgIpc) is 2.60. The summed E-state index contributed by atoms with van der Waals surface area (Å²) in [4.78, 5) is 18.3. The number of rotatable bonds is 5. The molecule has 0 unspecified atom stereocenters. The number of urea groups is 1. The number of hydrogen-bond donors (Lipinski definition) is 2. The lowest BCUT2D eigenvalue weighted by Crippen LogP contribution is -2.48. The Morgan fingerprint density at radius 3 is 2.48 bits per heavy atom. The molecule has 1 aromatic rings. The van der Waals surface area contributed by atoms with E-state index in [0.717, 1.165) is 25.7 Å². The van der Waals surface area contributed by atoms with E-state index in [1.54, 1.807) is 12.4 Å². The van der Waals surface area contributed by atoms with Crippen molar-refractivity contribution in [2.24, 2.45) is 5.92 Å². The number of pyridine rings is 1. The lowest BCUT2D eigenvalue weighted by atomic mass is 9.85. The van der Waals surface area contributed by atoms with Crippen molar-refractivity contribution in [2.45, 2.75) is 51.0 Å². The van der Waals surface area contributed by atoms with Crippen molar-refractivity contribution >= 4 is 6.03 Å². The van der Waals surface area contributed by atoms with Crippen LogP contribution < -0.4 is 5.32 Å². The molecule has 0 atom stereocenters. The van der Waals surface area contributed by atoms with Gasteiger partial charge in [0.15, 0.2) is 0 Å². The van der Waals surface area contributed by atoms with E-state index in [9.17, 15) is 9.90 Å². The van der Waals surface area contributed by atoms with Gasteiger partial charge in [0.1, 0.15) is 0 Å². The first-order valence-electron chi connectivity index (χ1n) is 8.46. The second kappa shape index (κ2) is 7.77. The number of aliphatic hydroxyl groups is 1.